The van der Waals surface area contributed by atoms with Crippen LogP contribution in [-0.4, -0.2) is 11.1 Å². The van der Waals surface area contributed by atoms with Crippen LogP contribution in [0.15, 0.2) is 0 Å². The molecule has 1 N–H and O–H groups in total. The van der Waals surface area contributed by atoms with Gasteiger partial charge in [-0.2, -0.15) is 0 Å². The summed E-state index contributed by atoms with van der Waals surface area (Å²) >= 11 is 0. The highest BCUT2D eigenvalue weighted by Gasteiger charge is 2.23. The number of rotatable bonds is 10. The molecule has 0 amide bonds. The lowest BCUT2D eigenvalue weighted by molar-refractivity contribution is -0.143. The molecule has 2 heteroatoms. The number of carboxylic acids is 1. The number of hydrogen-bond donors (Lipinski definition) is 1. The van der Waals surface area contributed by atoms with E-state index in [1.807, 2.05) is 0 Å². The molecule has 2 nitrogen and oxygen atoms in total. The molecule has 0 aliphatic carbocycles. The van der Waals surface area contributed by atoms with Gasteiger partial charge in [0.15, 0.2) is 0 Å². The van der Waals surface area contributed by atoms with Crippen molar-refractivity contribution in [2.45, 2.75) is 72.1 Å². The number of carbonyl (C=O) groups is 1. The summed E-state index contributed by atoms with van der Waals surface area (Å²) < 4.78 is 0. The van der Waals surface area contributed by atoms with E-state index in [9.17, 15) is 9.90 Å². The Morgan fingerprint density at radius 3 is 2.12 bits per heavy atom. The summed E-state index contributed by atoms with van der Waals surface area (Å²) in [5.41, 5.74) is 0. The van der Waals surface area contributed by atoms with Crippen molar-refractivity contribution < 1.29 is 9.90 Å². The molecule has 16 heavy (non-hydrogen) atoms. The van der Waals surface area contributed by atoms with E-state index >= 15 is 0 Å². The molecule has 0 saturated heterocycles. The molecule has 0 heterocycles. The molecular weight excluding hydrogens is 200 g/mol. The van der Waals surface area contributed by atoms with E-state index in [-0.39, 0.29) is 5.92 Å². The van der Waals surface area contributed by atoms with E-state index in [1.165, 1.54) is 25.7 Å². The minimum atomic E-state index is -0.601. The third-order valence-electron chi connectivity index (χ3n) is 3.39. The van der Waals surface area contributed by atoms with Gasteiger partial charge in [0.2, 0.25) is 0 Å². The van der Waals surface area contributed by atoms with Gasteiger partial charge < -0.3 is 5.11 Å². The van der Waals surface area contributed by atoms with Crippen LogP contribution in [0.4, 0.5) is 0 Å². The Labute approximate surface area is 100 Å². The van der Waals surface area contributed by atoms with Crippen LogP contribution < -0.4 is 0 Å². The van der Waals surface area contributed by atoms with Crippen molar-refractivity contribution in [3.63, 3.8) is 0 Å². The van der Waals surface area contributed by atoms with Crippen molar-refractivity contribution in [3.8, 4) is 0 Å². The first-order chi connectivity index (χ1) is 7.63. The van der Waals surface area contributed by atoms with Gasteiger partial charge in [-0.1, -0.05) is 59.3 Å². The Kier molecular flexibility index (Phi) is 9.36. The first-order valence-electron chi connectivity index (χ1n) is 6.86. The van der Waals surface area contributed by atoms with Crippen LogP contribution in [0.1, 0.15) is 72.1 Å². The molecule has 0 aromatic carbocycles. The maximum Gasteiger partial charge on any atom is 0.306 e. The fraction of sp³-hybridized carbons (Fsp3) is 0.929. The molecule has 0 bridgehead atoms. The Bertz CT molecular complexity index is 178. The summed E-state index contributed by atoms with van der Waals surface area (Å²) in [5.74, 6) is -0.390. The van der Waals surface area contributed by atoms with Gasteiger partial charge in [-0.25, -0.2) is 0 Å². The molecule has 0 fully saturated rings. The molecule has 0 spiro atoms. The molecule has 0 aromatic rings. The van der Waals surface area contributed by atoms with Gasteiger partial charge in [-0.3, -0.25) is 4.79 Å². The molecule has 0 saturated carbocycles. The Hall–Kier alpha value is -0.530. The van der Waals surface area contributed by atoms with Gasteiger partial charge >= 0.3 is 5.97 Å². The van der Waals surface area contributed by atoms with E-state index in [0.717, 1.165) is 25.7 Å². The second kappa shape index (κ2) is 9.68. The largest absolute Gasteiger partial charge is 0.481 e. The summed E-state index contributed by atoms with van der Waals surface area (Å²) in [5, 5.41) is 9.17. The van der Waals surface area contributed by atoms with E-state index in [1.54, 1.807) is 0 Å². The first-order valence-corrected chi connectivity index (χ1v) is 6.86. The summed E-state index contributed by atoms with van der Waals surface area (Å²) in [6.45, 7) is 6.41. The SMILES string of the molecule is CCCCCCC(C)C(CCCC)C(=O)O. The van der Waals surface area contributed by atoms with Gasteiger partial charge in [0.25, 0.3) is 0 Å². The van der Waals surface area contributed by atoms with E-state index in [4.69, 9.17) is 0 Å². The van der Waals surface area contributed by atoms with Crippen molar-refractivity contribution in [1.29, 1.82) is 0 Å². The fourth-order valence-electron chi connectivity index (χ4n) is 2.17. The highest BCUT2D eigenvalue weighted by Crippen LogP contribution is 2.24. The Morgan fingerprint density at radius 2 is 1.62 bits per heavy atom. The van der Waals surface area contributed by atoms with E-state index in [0.29, 0.717) is 5.92 Å². The Morgan fingerprint density at radius 1 is 1.00 bits per heavy atom. The van der Waals surface area contributed by atoms with Crippen LogP contribution in [0, 0.1) is 11.8 Å². The maximum atomic E-state index is 11.1. The zero-order valence-electron chi connectivity index (χ0n) is 11.2. The third kappa shape index (κ3) is 6.86. The summed E-state index contributed by atoms with van der Waals surface area (Å²) in [4.78, 5) is 11.1. The fourth-order valence-corrected chi connectivity index (χ4v) is 2.17. The van der Waals surface area contributed by atoms with Crippen molar-refractivity contribution in [3.05, 3.63) is 0 Å². The highest BCUT2D eigenvalue weighted by atomic mass is 16.4. The van der Waals surface area contributed by atoms with Gasteiger partial charge in [0.05, 0.1) is 5.92 Å². The van der Waals surface area contributed by atoms with E-state index in [2.05, 4.69) is 20.8 Å². The van der Waals surface area contributed by atoms with Gasteiger partial charge in [0.1, 0.15) is 0 Å². The van der Waals surface area contributed by atoms with Crippen molar-refractivity contribution in [2.75, 3.05) is 0 Å². The molecule has 96 valence electrons. The summed E-state index contributed by atoms with van der Waals surface area (Å²) in [7, 11) is 0. The molecule has 2 unspecified atom stereocenters. The maximum absolute atomic E-state index is 11.1. The number of carboxylic acid groups (broad SMARTS) is 1. The van der Waals surface area contributed by atoms with Crippen LogP contribution in [0.25, 0.3) is 0 Å². The molecule has 2 atom stereocenters. The average Bonchev–Trinajstić information content (AvgIpc) is 2.24. The first kappa shape index (κ1) is 15.5. The highest BCUT2D eigenvalue weighted by molar-refractivity contribution is 5.70. The van der Waals surface area contributed by atoms with Crippen molar-refractivity contribution >= 4 is 5.97 Å². The van der Waals surface area contributed by atoms with Gasteiger partial charge in [-0.15, -0.1) is 0 Å². The van der Waals surface area contributed by atoms with Crippen LogP contribution in [-0.2, 0) is 4.79 Å². The van der Waals surface area contributed by atoms with Crippen molar-refractivity contribution in [1.82, 2.24) is 0 Å². The third-order valence-corrected chi connectivity index (χ3v) is 3.39. The van der Waals surface area contributed by atoms with Crippen molar-refractivity contribution in [2.24, 2.45) is 11.8 Å². The molecule has 0 radical (unpaired) electrons. The lowest BCUT2D eigenvalue weighted by Crippen LogP contribution is -2.21. The zero-order valence-corrected chi connectivity index (χ0v) is 11.2. The topological polar surface area (TPSA) is 37.3 Å². The van der Waals surface area contributed by atoms with Gasteiger partial charge in [0, 0.05) is 0 Å². The average molecular weight is 228 g/mol. The second-order valence-electron chi connectivity index (χ2n) is 4.91. The normalized spacial score (nSPS) is 14.7. The molecular formula is C14H28O2. The van der Waals surface area contributed by atoms with Crippen LogP contribution in [0.2, 0.25) is 0 Å². The number of aliphatic carboxylic acids is 1. The summed E-state index contributed by atoms with van der Waals surface area (Å²) in [6.07, 6.45) is 9.00. The zero-order chi connectivity index (χ0) is 12.4. The smallest absolute Gasteiger partial charge is 0.306 e. The molecule has 0 aliphatic heterocycles. The predicted molar refractivity (Wildman–Crippen MR) is 68.6 cm³/mol. The molecule has 0 rings (SSSR count). The van der Waals surface area contributed by atoms with Crippen LogP contribution in [0.5, 0.6) is 0 Å². The van der Waals surface area contributed by atoms with Gasteiger partial charge in [-0.05, 0) is 18.8 Å². The standard InChI is InChI=1S/C14H28O2/c1-4-6-8-9-10-12(3)13(14(15)16)11-7-5-2/h12-13H,4-11H2,1-3H3,(H,15,16). The molecule has 0 aliphatic rings. The minimum Gasteiger partial charge on any atom is -0.481 e. The second-order valence-corrected chi connectivity index (χ2v) is 4.91. The lowest BCUT2D eigenvalue weighted by atomic mass is 9.85. The van der Waals surface area contributed by atoms with E-state index < -0.39 is 5.97 Å². The number of unbranched alkanes of at least 4 members (excludes halogenated alkanes) is 4. The lowest BCUT2D eigenvalue weighted by Gasteiger charge is -2.19. The molecule has 0 aromatic heterocycles. The quantitative estimate of drug-likeness (QED) is 0.560. The monoisotopic (exact) mass is 228 g/mol. The Balaban J connectivity index is 3.87. The minimum absolute atomic E-state index is 0.124. The number of hydrogen-bond acceptors (Lipinski definition) is 1. The predicted octanol–water partition coefficient (Wildman–Crippen LogP) is 4.48. The van der Waals surface area contributed by atoms with Crippen LogP contribution >= 0.6 is 0 Å². The summed E-state index contributed by atoms with van der Waals surface area (Å²) in [6, 6.07) is 0. The van der Waals surface area contributed by atoms with Crippen LogP contribution in [0.3, 0.4) is 0 Å².